The summed E-state index contributed by atoms with van der Waals surface area (Å²) >= 11 is 7.43. The second-order valence-electron chi connectivity index (χ2n) is 6.18. The quantitative estimate of drug-likeness (QED) is 0.678. The summed E-state index contributed by atoms with van der Waals surface area (Å²) in [6, 6.07) is 11.5. The van der Waals surface area contributed by atoms with Gasteiger partial charge >= 0.3 is 0 Å². The lowest BCUT2D eigenvalue weighted by molar-refractivity contribution is 0.102. The van der Waals surface area contributed by atoms with Crippen molar-refractivity contribution in [1.82, 2.24) is 10.2 Å². The molecule has 2 aromatic carbocycles. The molecule has 0 saturated carbocycles. The van der Waals surface area contributed by atoms with Crippen molar-refractivity contribution < 1.29 is 13.2 Å². The van der Waals surface area contributed by atoms with E-state index < -0.39 is 15.9 Å². The van der Waals surface area contributed by atoms with Gasteiger partial charge in [0.2, 0.25) is 5.13 Å². The summed E-state index contributed by atoms with van der Waals surface area (Å²) in [5.41, 5.74) is 1.77. The number of halogens is 1. The van der Waals surface area contributed by atoms with Gasteiger partial charge in [0.05, 0.1) is 10.7 Å². The number of hydrogen-bond acceptors (Lipinski definition) is 6. The Labute approximate surface area is 171 Å². The number of sulfonamides is 1. The van der Waals surface area contributed by atoms with Gasteiger partial charge in [-0.05, 0) is 43.2 Å². The van der Waals surface area contributed by atoms with E-state index in [0.29, 0.717) is 28.8 Å². The van der Waals surface area contributed by atoms with Gasteiger partial charge in [0.1, 0.15) is 9.90 Å². The number of hydrogen-bond donors (Lipinski definition) is 1. The van der Waals surface area contributed by atoms with Crippen LogP contribution in [0.4, 0.5) is 10.8 Å². The lowest BCUT2D eigenvalue weighted by atomic mass is 10.2. The number of carbonyl (C=O) groups is 1. The number of aryl methyl sites for hydroxylation is 1. The molecule has 0 radical (unpaired) electrons. The van der Waals surface area contributed by atoms with Crippen molar-refractivity contribution in [3.63, 3.8) is 0 Å². The van der Waals surface area contributed by atoms with Crippen LogP contribution in [0, 0.1) is 6.92 Å². The molecule has 10 heteroatoms. The number of anilines is 2. The second-order valence-corrected chi connectivity index (χ2v) is 9.60. The predicted octanol–water partition coefficient (Wildman–Crippen LogP) is 3.50. The number of rotatable bonds is 4. The summed E-state index contributed by atoms with van der Waals surface area (Å²) < 4.78 is 27.8. The van der Waals surface area contributed by atoms with Gasteiger partial charge in [-0.15, -0.1) is 10.2 Å². The maximum Gasteiger partial charge on any atom is 0.265 e. The molecule has 1 N–H and O–H groups in total. The highest BCUT2D eigenvalue weighted by Crippen LogP contribution is 2.35. The number of nitrogens with one attached hydrogen (secondary N) is 1. The predicted molar refractivity (Wildman–Crippen MR) is 109 cm³/mol. The van der Waals surface area contributed by atoms with Crippen LogP contribution < -0.4 is 9.62 Å². The van der Waals surface area contributed by atoms with E-state index in [9.17, 15) is 13.2 Å². The molecule has 4 rings (SSSR count). The highest BCUT2D eigenvalue weighted by Gasteiger charge is 2.32. The molecule has 0 saturated heterocycles. The third kappa shape index (κ3) is 3.36. The van der Waals surface area contributed by atoms with Gasteiger partial charge in [0.15, 0.2) is 0 Å². The van der Waals surface area contributed by atoms with E-state index in [1.807, 2.05) is 12.1 Å². The topological polar surface area (TPSA) is 92.3 Å². The third-order valence-electron chi connectivity index (χ3n) is 4.35. The summed E-state index contributed by atoms with van der Waals surface area (Å²) in [5, 5.41) is 11.4. The van der Waals surface area contributed by atoms with Crippen molar-refractivity contribution in [3.05, 3.63) is 63.6 Å². The smallest absolute Gasteiger partial charge is 0.265 e. The zero-order chi connectivity index (χ0) is 19.9. The zero-order valence-electron chi connectivity index (χ0n) is 14.7. The van der Waals surface area contributed by atoms with Gasteiger partial charge in [0.25, 0.3) is 15.9 Å². The summed E-state index contributed by atoms with van der Waals surface area (Å²) in [6.45, 7) is 2.10. The minimum atomic E-state index is -3.91. The Balaban J connectivity index is 1.68. The average Bonchev–Trinajstić information content (AvgIpc) is 3.28. The van der Waals surface area contributed by atoms with Crippen LogP contribution in [0.3, 0.4) is 0 Å². The molecule has 7 nitrogen and oxygen atoms in total. The first-order valence-electron chi connectivity index (χ1n) is 8.38. The Morgan fingerprint density at radius 2 is 2.00 bits per heavy atom. The molecule has 1 aliphatic rings. The van der Waals surface area contributed by atoms with Gasteiger partial charge in [-0.3, -0.25) is 14.4 Å². The monoisotopic (exact) mass is 434 g/mol. The molecular formula is C18H15ClN4O3S2. The fraction of sp³-hybridized carbons (Fsp3) is 0.167. The van der Waals surface area contributed by atoms with Crippen LogP contribution in [0.5, 0.6) is 0 Å². The number of carbonyl (C=O) groups excluding carboxylic acids is 1. The SMILES string of the molecule is Cc1nnc(NC(=O)c2ccc(Cl)c(S(=O)(=O)N3CCc4ccccc43)c2)s1. The number of amides is 1. The number of benzene rings is 2. The standard InChI is InChI=1S/C18H15ClN4O3S2/c1-11-21-22-18(27-11)20-17(24)13-6-7-14(19)16(10-13)28(25,26)23-9-8-12-4-2-3-5-15(12)23/h2-7,10H,8-9H2,1H3,(H,20,22,24). The first kappa shape index (κ1) is 18.9. The van der Waals surface area contributed by atoms with Gasteiger partial charge in [-0.2, -0.15) is 0 Å². The van der Waals surface area contributed by atoms with Crippen molar-refractivity contribution in [3.8, 4) is 0 Å². The van der Waals surface area contributed by atoms with Crippen molar-refractivity contribution in [2.24, 2.45) is 0 Å². The second kappa shape index (κ2) is 7.16. The first-order chi connectivity index (χ1) is 13.4. The Morgan fingerprint density at radius 3 is 2.75 bits per heavy atom. The van der Waals surface area contributed by atoms with E-state index in [0.717, 1.165) is 5.56 Å². The van der Waals surface area contributed by atoms with Gasteiger partial charge in [-0.1, -0.05) is 41.1 Å². The fourth-order valence-electron chi connectivity index (χ4n) is 3.04. The van der Waals surface area contributed by atoms with Crippen LogP contribution >= 0.6 is 22.9 Å². The van der Waals surface area contributed by atoms with E-state index in [2.05, 4.69) is 15.5 Å². The highest BCUT2D eigenvalue weighted by molar-refractivity contribution is 7.93. The summed E-state index contributed by atoms with van der Waals surface area (Å²) in [7, 11) is -3.91. The van der Waals surface area contributed by atoms with Crippen LogP contribution in [0.1, 0.15) is 20.9 Å². The normalized spacial score (nSPS) is 13.4. The summed E-state index contributed by atoms with van der Waals surface area (Å²) in [6.07, 6.45) is 0.629. The number of fused-ring (bicyclic) bond motifs is 1. The van der Waals surface area contributed by atoms with E-state index in [1.165, 1.54) is 33.8 Å². The van der Waals surface area contributed by atoms with E-state index in [4.69, 9.17) is 11.6 Å². The van der Waals surface area contributed by atoms with Crippen LogP contribution in [-0.4, -0.2) is 31.1 Å². The summed E-state index contributed by atoms with van der Waals surface area (Å²) in [5.74, 6) is -0.480. The molecule has 0 spiro atoms. The van der Waals surface area contributed by atoms with Crippen LogP contribution in [0.15, 0.2) is 47.4 Å². The van der Waals surface area contributed by atoms with Gasteiger partial charge in [-0.25, -0.2) is 8.42 Å². The lowest BCUT2D eigenvalue weighted by Gasteiger charge is -2.20. The maximum atomic E-state index is 13.2. The van der Waals surface area contributed by atoms with Crippen molar-refractivity contribution in [2.45, 2.75) is 18.2 Å². The molecule has 2 heterocycles. The van der Waals surface area contributed by atoms with E-state index >= 15 is 0 Å². The largest absolute Gasteiger partial charge is 0.296 e. The lowest BCUT2D eigenvalue weighted by Crippen LogP contribution is -2.29. The highest BCUT2D eigenvalue weighted by atomic mass is 35.5. The molecule has 144 valence electrons. The maximum absolute atomic E-state index is 13.2. The van der Waals surface area contributed by atoms with Crippen LogP contribution in [0.25, 0.3) is 0 Å². The number of aromatic nitrogens is 2. The number of nitrogens with zero attached hydrogens (tertiary/aromatic N) is 3. The summed E-state index contributed by atoms with van der Waals surface area (Å²) in [4.78, 5) is 12.4. The molecule has 1 amide bonds. The molecular weight excluding hydrogens is 420 g/mol. The van der Waals surface area contributed by atoms with Gasteiger partial charge in [0, 0.05) is 12.1 Å². The van der Waals surface area contributed by atoms with Crippen LogP contribution in [0.2, 0.25) is 5.02 Å². The Bertz CT molecular complexity index is 1180. The molecule has 0 bridgehead atoms. The third-order valence-corrected chi connectivity index (χ3v) is 7.40. The molecule has 28 heavy (non-hydrogen) atoms. The molecule has 1 aromatic heterocycles. The molecule has 0 fully saturated rings. The zero-order valence-corrected chi connectivity index (χ0v) is 17.1. The first-order valence-corrected chi connectivity index (χ1v) is 11.0. The fourth-order valence-corrected chi connectivity index (χ4v) is 5.63. The van der Waals surface area contributed by atoms with Crippen molar-refractivity contribution in [2.75, 3.05) is 16.2 Å². The van der Waals surface area contributed by atoms with Crippen molar-refractivity contribution in [1.29, 1.82) is 0 Å². The van der Waals surface area contributed by atoms with Gasteiger partial charge < -0.3 is 0 Å². The Hall–Kier alpha value is -2.49. The molecule has 3 aromatic rings. The molecule has 0 atom stereocenters. The van der Waals surface area contributed by atoms with E-state index in [-0.39, 0.29) is 15.5 Å². The van der Waals surface area contributed by atoms with Crippen LogP contribution in [-0.2, 0) is 16.4 Å². The Kier molecular flexibility index (Phi) is 4.82. The minimum absolute atomic E-state index is 0.0627. The van der Waals surface area contributed by atoms with Crippen molar-refractivity contribution >= 4 is 49.7 Å². The minimum Gasteiger partial charge on any atom is -0.296 e. The molecule has 1 aliphatic heterocycles. The van der Waals surface area contributed by atoms with E-state index in [1.54, 1.807) is 19.1 Å². The molecule has 0 unspecified atom stereocenters. The Morgan fingerprint density at radius 1 is 1.21 bits per heavy atom. The average molecular weight is 435 g/mol. The number of para-hydroxylation sites is 1. The molecule has 0 aliphatic carbocycles.